The molecule has 2 aromatic rings. The van der Waals surface area contributed by atoms with Crippen LogP contribution in [0.25, 0.3) is 0 Å². The van der Waals surface area contributed by atoms with Crippen molar-refractivity contribution in [2.75, 3.05) is 6.54 Å². The third-order valence-corrected chi connectivity index (χ3v) is 8.48. The highest BCUT2D eigenvalue weighted by molar-refractivity contribution is 5.84. The van der Waals surface area contributed by atoms with Crippen LogP contribution in [0.3, 0.4) is 0 Å². The van der Waals surface area contributed by atoms with Crippen LogP contribution in [0.5, 0.6) is 0 Å². The summed E-state index contributed by atoms with van der Waals surface area (Å²) in [5, 5.41) is 3.85. The summed E-state index contributed by atoms with van der Waals surface area (Å²) in [7, 11) is 0. The van der Waals surface area contributed by atoms with E-state index in [2.05, 4.69) is 43.4 Å². The number of rotatable bonds is 4. The molecule has 3 nitrogen and oxygen atoms in total. The number of nitrogens with zero attached hydrogens (tertiary/aromatic N) is 1. The molecule has 0 radical (unpaired) electrons. The van der Waals surface area contributed by atoms with Gasteiger partial charge in [-0.1, -0.05) is 44.2 Å². The van der Waals surface area contributed by atoms with Crippen molar-refractivity contribution in [3.05, 3.63) is 70.3 Å². The zero-order valence-corrected chi connectivity index (χ0v) is 19.9. The van der Waals surface area contributed by atoms with Crippen LogP contribution in [0, 0.1) is 11.3 Å². The van der Waals surface area contributed by atoms with Crippen molar-refractivity contribution in [1.29, 1.82) is 0 Å². The van der Waals surface area contributed by atoms with Gasteiger partial charge in [-0.15, -0.1) is 0 Å². The highest BCUT2D eigenvalue weighted by Gasteiger charge is 2.50. The van der Waals surface area contributed by atoms with Gasteiger partial charge in [0.15, 0.2) is 0 Å². The third kappa shape index (κ3) is 4.15. The molecule has 2 aliphatic carbocycles. The quantitative estimate of drug-likeness (QED) is 0.589. The molecule has 3 atom stereocenters. The van der Waals surface area contributed by atoms with E-state index in [0.29, 0.717) is 24.6 Å². The fraction of sp³-hybridized carbons (Fsp3) is 0.536. The van der Waals surface area contributed by atoms with Crippen LogP contribution in [0.15, 0.2) is 42.5 Å². The first kappa shape index (κ1) is 23.4. The number of amides is 1. The molecule has 3 aliphatic rings. The van der Waals surface area contributed by atoms with E-state index < -0.39 is 17.2 Å². The fourth-order valence-corrected chi connectivity index (χ4v) is 6.42. The van der Waals surface area contributed by atoms with E-state index in [4.69, 9.17) is 0 Å². The highest BCUT2D eigenvalue weighted by atomic mass is 19.4. The number of alkyl halides is 3. The van der Waals surface area contributed by atoms with Crippen LogP contribution in [-0.4, -0.2) is 23.4 Å². The van der Waals surface area contributed by atoms with Gasteiger partial charge >= 0.3 is 6.18 Å². The maximum atomic E-state index is 13.9. The van der Waals surface area contributed by atoms with Gasteiger partial charge in [-0.05, 0) is 78.8 Å². The molecular formula is C28H33F3N2O. The minimum atomic E-state index is -4.37. The molecule has 2 aromatic carbocycles. The van der Waals surface area contributed by atoms with Gasteiger partial charge in [0.2, 0.25) is 5.91 Å². The Balaban J connectivity index is 1.31. The molecule has 1 aliphatic heterocycles. The zero-order chi connectivity index (χ0) is 24.1. The van der Waals surface area contributed by atoms with Gasteiger partial charge in [0.1, 0.15) is 0 Å². The molecule has 5 rings (SSSR count). The summed E-state index contributed by atoms with van der Waals surface area (Å²) >= 11 is 0. The van der Waals surface area contributed by atoms with Gasteiger partial charge < -0.3 is 10.2 Å². The summed E-state index contributed by atoms with van der Waals surface area (Å²) in [4.78, 5) is 15.7. The summed E-state index contributed by atoms with van der Waals surface area (Å²) in [6, 6.07) is 13.2. The lowest BCUT2D eigenvalue weighted by Gasteiger charge is -2.40. The van der Waals surface area contributed by atoms with Crippen molar-refractivity contribution < 1.29 is 18.0 Å². The van der Waals surface area contributed by atoms with Gasteiger partial charge in [-0.3, -0.25) is 4.79 Å². The normalized spacial score (nSPS) is 26.6. The Morgan fingerprint density at radius 2 is 1.85 bits per heavy atom. The largest absolute Gasteiger partial charge is 0.416 e. The lowest BCUT2D eigenvalue weighted by Crippen LogP contribution is -2.48. The molecule has 1 heterocycles. The van der Waals surface area contributed by atoms with Crippen LogP contribution in [-0.2, 0) is 30.4 Å². The molecular weight excluding hydrogens is 437 g/mol. The average Bonchev–Trinajstić information content (AvgIpc) is 3.43. The van der Waals surface area contributed by atoms with E-state index in [1.165, 1.54) is 17.2 Å². The molecule has 1 amide bonds. The van der Waals surface area contributed by atoms with Gasteiger partial charge in [0, 0.05) is 25.2 Å². The van der Waals surface area contributed by atoms with Gasteiger partial charge in [0.05, 0.1) is 11.0 Å². The summed E-state index contributed by atoms with van der Waals surface area (Å²) < 4.78 is 39.7. The second-order valence-electron chi connectivity index (χ2n) is 10.7. The molecule has 6 heteroatoms. The predicted molar refractivity (Wildman–Crippen MR) is 126 cm³/mol. The Labute approximate surface area is 199 Å². The van der Waals surface area contributed by atoms with Gasteiger partial charge in [0.25, 0.3) is 0 Å². The first-order valence-corrected chi connectivity index (χ1v) is 12.5. The van der Waals surface area contributed by atoms with Crippen molar-refractivity contribution in [2.24, 2.45) is 11.3 Å². The van der Waals surface area contributed by atoms with Crippen molar-refractivity contribution >= 4 is 5.91 Å². The first-order chi connectivity index (χ1) is 16.2. The molecule has 1 N–H and O–H groups in total. The van der Waals surface area contributed by atoms with Crippen molar-refractivity contribution in [1.82, 2.24) is 10.2 Å². The monoisotopic (exact) mass is 470 g/mol. The highest BCUT2D eigenvalue weighted by Crippen LogP contribution is 2.47. The molecule has 0 bridgehead atoms. The number of nitrogens with one attached hydrogen (secondary N) is 1. The van der Waals surface area contributed by atoms with E-state index in [-0.39, 0.29) is 24.4 Å². The van der Waals surface area contributed by atoms with Crippen LogP contribution >= 0.6 is 0 Å². The second-order valence-corrected chi connectivity index (χ2v) is 10.7. The van der Waals surface area contributed by atoms with E-state index in [1.807, 2.05) is 4.90 Å². The van der Waals surface area contributed by atoms with Crippen molar-refractivity contribution in [2.45, 2.75) is 77.2 Å². The number of halogens is 3. The lowest BCUT2D eigenvalue weighted by molar-refractivity contribution is -0.145. The summed E-state index contributed by atoms with van der Waals surface area (Å²) in [6.07, 6.45) is 0.962. The molecule has 34 heavy (non-hydrogen) atoms. The molecule has 182 valence electrons. The lowest BCUT2D eigenvalue weighted by atomic mass is 9.73. The minimum absolute atomic E-state index is 0.113. The van der Waals surface area contributed by atoms with Crippen LogP contribution in [0.1, 0.15) is 73.4 Å². The maximum Gasteiger partial charge on any atom is 0.416 e. The SMILES string of the molecule is CC(C)[C@]1(C(=O)N2CCc3ccc(C(F)(F)F)cc3C2)CC[C@@H](NC2CCc3ccccc32)C1. The zero-order valence-electron chi connectivity index (χ0n) is 19.9. The third-order valence-electron chi connectivity index (χ3n) is 8.48. The van der Waals surface area contributed by atoms with Gasteiger partial charge in [-0.25, -0.2) is 0 Å². The predicted octanol–water partition coefficient (Wildman–Crippen LogP) is 6.06. The van der Waals surface area contributed by atoms with Crippen LogP contribution < -0.4 is 5.32 Å². The smallest absolute Gasteiger partial charge is 0.338 e. The fourth-order valence-electron chi connectivity index (χ4n) is 6.42. The molecule has 0 spiro atoms. The maximum absolute atomic E-state index is 13.9. The molecule has 0 aromatic heterocycles. The molecule has 0 saturated heterocycles. The van der Waals surface area contributed by atoms with E-state index in [9.17, 15) is 18.0 Å². The number of fused-ring (bicyclic) bond motifs is 2. The first-order valence-electron chi connectivity index (χ1n) is 12.5. The Morgan fingerprint density at radius 1 is 1.06 bits per heavy atom. The van der Waals surface area contributed by atoms with E-state index >= 15 is 0 Å². The number of hydrogen-bond acceptors (Lipinski definition) is 2. The van der Waals surface area contributed by atoms with Crippen LogP contribution in [0.2, 0.25) is 0 Å². The van der Waals surface area contributed by atoms with Gasteiger partial charge in [-0.2, -0.15) is 13.2 Å². The summed E-state index contributed by atoms with van der Waals surface area (Å²) in [5.41, 5.74) is 3.24. The van der Waals surface area contributed by atoms with E-state index in [1.54, 1.807) is 6.07 Å². The second kappa shape index (κ2) is 8.71. The molecule has 1 unspecified atom stereocenters. The number of aryl methyl sites for hydroxylation is 1. The average molecular weight is 471 g/mol. The summed E-state index contributed by atoms with van der Waals surface area (Å²) in [5.74, 6) is 0.284. The number of hydrogen-bond donors (Lipinski definition) is 1. The summed E-state index contributed by atoms with van der Waals surface area (Å²) in [6.45, 7) is 5.07. The Hall–Kier alpha value is -2.34. The number of carbonyl (C=O) groups is 1. The Kier molecular flexibility index (Phi) is 5.99. The Morgan fingerprint density at radius 3 is 2.62 bits per heavy atom. The van der Waals surface area contributed by atoms with Crippen LogP contribution in [0.4, 0.5) is 13.2 Å². The molecule has 1 saturated carbocycles. The topological polar surface area (TPSA) is 32.3 Å². The Bertz CT molecular complexity index is 1080. The number of carbonyl (C=O) groups excluding carboxylic acids is 1. The minimum Gasteiger partial charge on any atom is -0.338 e. The van der Waals surface area contributed by atoms with E-state index in [0.717, 1.165) is 43.7 Å². The standard InChI is InChI=1S/C28H33F3N2O/c1-18(2)27(13-11-23(16-27)32-25-10-8-20-5-3-4-6-24(20)25)26(34)33-14-12-19-7-9-22(28(29,30)31)15-21(19)17-33/h3-7,9,15,18,23,25,32H,8,10-14,16-17H2,1-2H3/t23-,25?,27+/m1/s1. The molecule has 1 fully saturated rings. The van der Waals surface area contributed by atoms with Crippen molar-refractivity contribution in [3.8, 4) is 0 Å². The van der Waals surface area contributed by atoms with Crippen molar-refractivity contribution in [3.63, 3.8) is 0 Å². The number of benzene rings is 2.